The fourth-order valence-corrected chi connectivity index (χ4v) is 2.49. The molecule has 0 N–H and O–H groups in total. The molecule has 18 heavy (non-hydrogen) atoms. The van der Waals surface area contributed by atoms with Crippen molar-refractivity contribution in [2.24, 2.45) is 0 Å². The lowest BCUT2D eigenvalue weighted by atomic mass is 10.3. The van der Waals surface area contributed by atoms with Crippen LogP contribution in [-0.4, -0.2) is 36.3 Å². The van der Waals surface area contributed by atoms with E-state index in [0.29, 0.717) is 6.10 Å². The molecule has 0 saturated carbocycles. The summed E-state index contributed by atoms with van der Waals surface area (Å²) in [7, 11) is 1.77. The maximum atomic E-state index is 5.40. The average Bonchev–Trinajstić information content (AvgIpc) is 2.86. The van der Waals surface area contributed by atoms with Crippen LogP contribution in [-0.2, 0) is 4.74 Å². The van der Waals surface area contributed by atoms with Gasteiger partial charge in [0.15, 0.2) is 5.82 Å². The number of aromatic nitrogens is 2. The molecule has 1 fully saturated rings. The Kier molecular flexibility index (Phi) is 2.88. The van der Waals surface area contributed by atoms with Crippen molar-refractivity contribution in [2.45, 2.75) is 19.4 Å². The summed E-state index contributed by atoms with van der Waals surface area (Å²) in [4.78, 5) is 11.6. The van der Waals surface area contributed by atoms with Crippen molar-refractivity contribution in [1.29, 1.82) is 0 Å². The van der Waals surface area contributed by atoms with Crippen LogP contribution >= 0.6 is 0 Å². The Hall–Kier alpha value is -1.68. The van der Waals surface area contributed by atoms with Crippen LogP contribution < -0.4 is 4.90 Å². The predicted octanol–water partition coefficient (Wildman–Crippen LogP) is 2.16. The summed E-state index contributed by atoms with van der Waals surface area (Å²) >= 11 is 0. The number of anilines is 1. The van der Waals surface area contributed by atoms with E-state index in [0.717, 1.165) is 42.1 Å². The van der Waals surface area contributed by atoms with E-state index in [1.165, 1.54) is 0 Å². The van der Waals surface area contributed by atoms with E-state index in [2.05, 4.69) is 9.88 Å². The number of nitrogens with zero attached hydrogens (tertiary/aromatic N) is 3. The second kappa shape index (κ2) is 4.53. The summed E-state index contributed by atoms with van der Waals surface area (Å²) in [5, 5.41) is 0. The van der Waals surface area contributed by atoms with Crippen molar-refractivity contribution in [1.82, 2.24) is 9.97 Å². The van der Waals surface area contributed by atoms with Crippen LogP contribution in [0.25, 0.3) is 11.0 Å². The average molecular weight is 243 g/mol. The molecule has 4 heteroatoms. The highest BCUT2D eigenvalue weighted by atomic mass is 16.5. The number of rotatable bonds is 2. The van der Waals surface area contributed by atoms with E-state index in [-0.39, 0.29) is 0 Å². The molecule has 4 nitrogen and oxygen atoms in total. The number of benzene rings is 1. The van der Waals surface area contributed by atoms with Gasteiger partial charge in [-0.05, 0) is 25.5 Å². The fourth-order valence-electron chi connectivity index (χ4n) is 2.49. The first-order valence-corrected chi connectivity index (χ1v) is 6.29. The molecular formula is C14H17N3O. The third kappa shape index (κ3) is 1.93. The minimum absolute atomic E-state index is 0.317. The topological polar surface area (TPSA) is 38.2 Å². The molecular weight excluding hydrogens is 226 g/mol. The largest absolute Gasteiger partial charge is 0.380 e. The SMILES string of the molecule is CO[C@@H]1CCN(c2nc3ccccc3nc2C)C1. The summed E-state index contributed by atoms with van der Waals surface area (Å²) in [5.74, 6) is 0.994. The van der Waals surface area contributed by atoms with Gasteiger partial charge in [-0.1, -0.05) is 12.1 Å². The van der Waals surface area contributed by atoms with Gasteiger partial charge in [-0.15, -0.1) is 0 Å². The predicted molar refractivity (Wildman–Crippen MR) is 71.9 cm³/mol. The van der Waals surface area contributed by atoms with Crippen LogP contribution in [0.15, 0.2) is 24.3 Å². The van der Waals surface area contributed by atoms with Crippen LogP contribution in [0.3, 0.4) is 0 Å². The van der Waals surface area contributed by atoms with E-state index >= 15 is 0 Å². The van der Waals surface area contributed by atoms with Crippen molar-refractivity contribution >= 4 is 16.9 Å². The zero-order valence-corrected chi connectivity index (χ0v) is 10.8. The Labute approximate surface area is 107 Å². The maximum absolute atomic E-state index is 5.40. The van der Waals surface area contributed by atoms with Crippen molar-refractivity contribution < 1.29 is 4.74 Å². The van der Waals surface area contributed by atoms with Gasteiger partial charge >= 0.3 is 0 Å². The Morgan fingerprint density at radius 2 is 1.94 bits per heavy atom. The van der Waals surface area contributed by atoms with Gasteiger partial charge in [0, 0.05) is 20.2 Å². The van der Waals surface area contributed by atoms with Gasteiger partial charge in [0.05, 0.1) is 22.8 Å². The number of ether oxygens (including phenoxy) is 1. The van der Waals surface area contributed by atoms with Crippen LogP contribution in [0.4, 0.5) is 5.82 Å². The summed E-state index contributed by atoms with van der Waals surface area (Å²) < 4.78 is 5.40. The van der Waals surface area contributed by atoms with Gasteiger partial charge in [0.25, 0.3) is 0 Å². The lowest BCUT2D eigenvalue weighted by Crippen LogP contribution is -2.24. The molecule has 0 aliphatic carbocycles. The van der Waals surface area contributed by atoms with Crippen LogP contribution in [0, 0.1) is 6.92 Å². The molecule has 1 saturated heterocycles. The van der Waals surface area contributed by atoms with E-state index in [1.807, 2.05) is 31.2 Å². The number of hydrogen-bond donors (Lipinski definition) is 0. The summed E-state index contributed by atoms with van der Waals surface area (Å²) in [5.41, 5.74) is 2.91. The molecule has 3 rings (SSSR count). The minimum Gasteiger partial charge on any atom is -0.380 e. The Morgan fingerprint density at radius 3 is 2.61 bits per heavy atom. The molecule has 2 heterocycles. The number of aryl methyl sites for hydroxylation is 1. The highest BCUT2D eigenvalue weighted by molar-refractivity contribution is 5.76. The number of para-hydroxylation sites is 2. The van der Waals surface area contributed by atoms with Crippen molar-refractivity contribution in [3.8, 4) is 0 Å². The van der Waals surface area contributed by atoms with Gasteiger partial charge in [0.2, 0.25) is 0 Å². The molecule has 1 atom stereocenters. The smallest absolute Gasteiger partial charge is 0.150 e. The molecule has 0 amide bonds. The van der Waals surface area contributed by atoms with E-state index in [4.69, 9.17) is 9.72 Å². The van der Waals surface area contributed by atoms with Crippen molar-refractivity contribution in [3.05, 3.63) is 30.0 Å². The lowest BCUT2D eigenvalue weighted by Gasteiger charge is -2.19. The third-order valence-corrected chi connectivity index (χ3v) is 3.50. The minimum atomic E-state index is 0.317. The van der Waals surface area contributed by atoms with E-state index in [1.54, 1.807) is 7.11 Å². The standard InChI is InChI=1S/C14H17N3O/c1-10-14(17-8-7-11(9-17)18-2)16-13-6-4-3-5-12(13)15-10/h3-6,11H,7-9H2,1-2H3/t11-/m1/s1. The molecule has 1 aromatic heterocycles. The summed E-state index contributed by atoms with van der Waals surface area (Å²) in [6.45, 7) is 3.92. The van der Waals surface area contributed by atoms with E-state index in [9.17, 15) is 0 Å². The van der Waals surface area contributed by atoms with Crippen LogP contribution in [0.5, 0.6) is 0 Å². The number of fused-ring (bicyclic) bond motifs is 1. The monoisotopic (exact) mass is 243 g/mol. The fraction of sp³-hybridized carbons (Fsp3) is 0.429. The number of hydrogen-bond acceptors (Lipinski definition) is 4. The van der Waals surface area contributed by atoms with Crippen molar-refractivity contribution in [2.75, 3.05) is 25.1 Å². The van der Waals surface area contributed by atoms with Gasteiger partial charge in [0.1, 0.15) is 0 Å². The summed E-state index contributed by atoms with van der Waals surface area (Å²) in [6, 6.07) is 8.00. The normalized spacial score (nSPS) is 19.7. The molecule has 1 aromatic carbocycles. The molecule has 0 bridgehead atoms. The molecule has 1 aliphatic rings. The number of methoxy groups -OCH3 is 1. The Morgan fingerprint density at radius 1 is 1.22 bits per heavy atom. The van der Waals surface area contributed by atoms with Crippen LogP contribution in [0.2, 0.25) is 0 Å². The summed E-state index contributed by atoms with van der Waals surface area (Å²) in [6.07, 6.45) is 1.38. The van der Waals surface area contributed by atoms with Crippen LogP contribution in [0.1, 0.15) is 12.1 Å². The third-order valence-electron chi connectivity index (χ3n) is 3.50. The zero-order chi connectivity index (χ0) is 12.5. The van der Waals surface area contributed by atoms with Crippen molar-refractivity contribution in [3.63, 3.8) is 0 Å². The molecule has 0 radical (unpaired) electrons. The van der Waals surface area contributed by atoms with Gasteiger partial charge in [-0.25, -0.2) is 9.97 Å². The highest BCUT2D eigenvalue weighted by Crippen LogP contribution is 2.24. The van der Waals surface area contributed by atoms with Gasteiger partial charge < -0.3 is 9.64 Å². The molecule has 0 unspecified atom stereocenters. The Balaban J connectivity index is 1.99. The second-order valence-electron chi connectivity index (χ2n) is 4.71. The first-order valence-electron chi connectivity index (χ1n) is 6.29. The molecule has 0 spiro atoms. The first-order chi connectivity index (χ1) is 8.78. The van der Waals surface area contributed by atoms with E-state index < -0.39 is 0 Å². The second-order valence-corrected chi connectivity index (χ2v) is 4.71. The molecule has 1 aliphatic heterocycles. The van der Waals surface area contributed by atoms with Gasteiger partial charge in [-0.2, -0.15) is 0 Å². The molecule has 2 aromatic rings. The lowest BCUT2D eigenvalue weighted by molar-refractivity contribution is 0.121. The zero-order valence-electron chi connectivity index (χ0n) is 10.8. The highest BCUT2D eigenvalue weighted by Gasteiger charge is 2.24. The Bertz CT molecular complexity index is 570. The van der Waals surface area contributed by atoms with Gasteiger partial charge in [-0.3, -0.25) is 0 Å². The first kappa shape index (κ1) is 11.4. The quantitative estimate of drug-likeness (QED) is 0.810. The maximum Gasteiger partial charge on any atom is 0.150 e. The molecule has 94 valence electrons.